The first kappa shape index (κ1) is 24.7. The normalized spacial score (nSPS) is 11.7. The van der Waals surface area contributed by atoms with Gasteiger partial charge in [0.15, 0.2) is 0 Å². The summed E-state index contributed by atoms with van der Waals surface area (Å²) in [6.45, 7) is 2.09. The predicted molar refractivity (Wildman–Crippen MR) is 164 cm³/mol. The zero-order valence-corrected chi connectivity index (χ0v) is 22.7. The van der Waals surface area contributed by atoms with Gasteiger partial charge in [-0.25, -0.2) is 0 Å². The maximum Gasteiger partial charge on any atom is 0.135 e. The number of fused-ring (bicyclic) bond motifs is 3. The van der Waals surface area contributed by atoms with Crippen LogP contribution in [0.2, 0.25) is 0 Å². The molecule has 0 saturated carbocycles. The van der Waals surface area contributed by atoms with E-state index in [1.165, 1.54) is 5.56 Å². The molecule has 5 aromatic carbocycles. The third kappa shape index (κ3) is 3.97. The lowest BCUT2D eigenvalue weighted by atomic mass is 9.77. The second kappa shape index (κ2) is 10.0. The summed E-state index contributed by atoms with van der Waals surface area (Å²) in [4.78, 5) is 11.5. The monoisotopic (exact) mass is 532 g/mol. The van der Waals surface area contributed by atoms with Crippen molar-refractivity contribution < 1.29 is 4.79 Å². The molecular formula is C36H28N4O. The minimum atomic E-state index is -0.703. The van der Waals surface area contributed by atoms with Crippen LogP contribution in [0.15, 0.2) is 128 Å². The van der Waals surface area contributed by atoms with E-state index in [1.54, 1.807) is 0 Å². The molecule has 0 spiro atoms. The number of nitrogens with zero attached hydrogens (tertiary/aromatic N) is 3. The highest BCUT2D eigenvalue weighted by atomic mass is 16.1. The predicted octanol–water partition coefficient (Wildman–Crippen LogP) is 7.47. The number of hydrogen-bond donors (Lipinski definition) is 1. The fourth-order valence-corrected chi connectivity index (χ4v) is 6.04. The van der Waals surface area contributed by atoms with Gasteiger partial charge in [-0.1, -0.05) is 121 Å². The van der Waals surface area contributed by atoms with Gasteiger partial charge in [0.05, 0.1) is 11.2 Å². The molecule has 0 aliphatic rings. The molecule has 5 nitrogen and oxygen atoms in total. The SMILES string of the molecule is Cc1ccc(-c2cc3c(CC=O)nnc3c3cn(C(c4ccccc4)(c4ccccc4)c4ccccc4)[nH]c23)cc1. The van der Waals surface area contributed by atoms with E-state index in [2.05, 4.69) is 136 Å². The minimum Gasteiger partial charge on any atom is -0.303 e. The van der Waals surface area contributed by atoms with Crippen molar-refractivity contribution in [2.75, 3.05) is 0 Å². The van der Waals surface area contributed by atoms with Crippen LogP contribution in [-0.2, 0) is 16.8 Å². The standard InChI is InChI=1S/C36H28N4O/c1-25-17-19-26(20-18-25)30-23-31-33(21-22-41)37-38-34(31)32-24-40(39-35(30)32)36(27-11-5-2-6-12-27,28-13-7-3-8-14-28)29-15-9-4-10-16-29/h2-20,22-24,39H,21H2,1H3. The first-order valence-electron chi connectivity index (χ1n) is 13.8. The Morgan fingerprint density at radius 2 is 1.29 bits per heavy atom. The van der Waals surface area contributed by atoms with Crippen LogP contribution in [0.3, 0.4) is 0 Å². The van der Waals surface area contributed by atoms with Crippen LogP contribution >= 0.6 is 0 Å². The van der Waals surface area contributed by atoms with E-state index in [-0.39, 0.29) is 6.42 Å². The summed E-state index contributed by atoms with van der Waals surface area (Å²) >= 11 is 0. The zero-order chi connectivity index (χ0) is 27.8. The van der Waals surface area contributed by atoms with E-state index in [0.29, 0.717) is 5.69 Å². The second-order valence-corrected chi connectivity index (χ2v) is 10.4. The van der Waals surface area contributed by atoms with Gasteiger partial charge in [0.25, 0.3) is 0 Å². The van der Waals surface area contributed by atoms with Crippen LogP contribution in [0.25, 0.3) is 32.9 Å². The number of aromatic nitrogens is 4. The highest BCUT2D eigenvalue weighted by Gasteiger charge is 2.39. The number of nitrogens with one attached hydrogen (secondary N) is 1. The summed E-state index contributed by atoms with van der Waals surface area (Å²) in [5.41, 5.74) is 8.42. The first-order chi connectivity index (χ1) is 20.2. The van der Waals surface area contributed by atoms with Crippen LogP contribution in [0.1, 0.15) is 27.9 Å². The molecule has 5 heteroatoms. The number of aromatic amines is 1. The minimum absolute atomic E-state index is 0.224. The lowest BCUT2D eigenvalue weighted by Gasteiger charge is -2.37. The average Bonchev–Trinajstić information content (AvgIpc) is 3.64. The lowest BCUT2D eigenvalue weighted by molar-refractivity contribution is -0.107. The molecule has 7 rings (SSSR count). The topological polar surface area (TPSA) is 63.6 Å². The van der Waals surface area contributed by atoms with E-state index in [9.17, 15) is 4.79 Å². The molecule has 0 amide bonds. The van der Waals surface area contributed by atoms with Gasteiger partial charge in [-0.3, -0.25) is 9.78 Å². The summed E-state index contributed by atoms with van der Waals surface area (Å²) in [5, 5.41) is 14.7. The Hall–Kier alpha value is -5.29. The van der Waals surface area contributed by atoms with Crippen molar-refractivity contribution in [1.29, 1.82) is 0 Å². The zero-order valence-electron chi connectivity index (χ0n) is 22.7. The molecular weight excluding hydrogens is 504 g/mol. The maximum atomic E-state index is 11.5. The van der Waals surface area contributed by atoms with Gasteiger partial charge >= 0.3 is 0 Å². The molecule has 7 aromatic rings. The van der Waals surface area contributed by atoms with E-state index >= 15 is 0 Å². The Balaban J connectivity index is 1.62. The van der Waals surface area contributed by atoms with Crippen LogP contribution in [0, 0.1) is 6.92 Å². The summed E-state index contributed by atoms with van der Waals surface area (Å²) < 4.78 is 2.21. The number of aryl methyl sites for hydroxylation is 1. The average molecular weight is 533 g/mol. The summed E-state index contributed by atoms with van der Waals surface area (Å²) in [7, 11) is 0. The van der Waals surface area contributed by atoms with Gasteiger partial charge in [-0.05, 0) is 35.2 Å². The number of hydrogen-bond acceptors (Lipinski definition) is 3. The summed E-state index contributed by atoms with van der Waals surface area (Å²) in [6, 6.07) is 42.4. The maximum absolute atomic E-state index is 11.5. The quantitative estimate of drug-likeness (QED) is 0.171. The smallest absolute Gasteiger partial charge is 0.135 e. The van der Waals surface area contributed by atoms with Gasteiger partial charge < -0.3 is 4.79 Å². The molecule has 0 radical (unpaired) electrons. The molecule has 2 heterocycles. The molecule has 0 atom stereocenters. The van der Waals surface area contributed by atoms with Gasteiger partial charge in [0.2, 0.25) is 0 Å². The van der Waals surface area contributed by atoms with Crippen molar-refractivity contribution in [2.24, 2.45) is 0 Å². The Bertz CT molecular complexity index is 1880. The van der Waals surface area contributed by atoms with Crippen molar-refractivity contribution >= 4 is 28.1 Å². The third-order valence-corrected chi connectivity index (χ3v) is 7.98. The van der Waals surface area contributed by atoms with Crippen molar-refractivity contribution in [3.8, 4) is 11.1 Å². The number of H-pyrrole nitrogens is 1. The molecule has 0 fully saturated rings. The molecule has 0 bridgehead atoms. The van der Waals surface area contributed by atoms with E-state index in [1.807, 2.05) is 18.2 Å². The van der Waals surface area contributed by atoms with Gasteiger partial charge in [-0.2, -0.15) is 5.10 Å². The van der Waals surface area contributed by atoms with Crippen molar-refractivity contribution in [1.82, 2.24) is 20.0 Å². The summed E-state index contributed by atoms with van der Waals surface area (Å²) in [6.07, 6.45) is 3.27. The number of carbonyl (C=O) groups is 1. The van der Waals surface area contributed by atoms with Gasteiger partial charge in [0, 0.05) is 29.0 Å². The fourth-order valence-electron chi connectivity index (χ4n) is 6.04. The highest BCUT2D eigenvalue weighted by molar-refractivity contribution is 6.11. The van der Waals surface area contributed by atoms with Crippen molar-refractivity contribution in [3.05, 3.63) is 155 Å². The molecule has 41 heavy (non-hydrogen) atoms. The second-order valence-electron chi connectivity index (χ2n) is 10.4. The Kier molecular flexibility index (Phi) is 6.05. The Morgan fingerprint density at radius 1 is 0.732 bits per heavy atom. The number of carbonyl (C=O) groups excluding carboxylic acids is 1. The van der Waals surface area contributed by atoms with E-state index < -0.39 is 5.54 Å². The lowest BCUT2D eigenvalue weighted by Crippen LogP contribution is -2.38. The highest BCUT2D eigenvalue weighted by Crippen LogP contribution is 2.43. The van der Waals surface area contributed by atoms with Crippen molar-refractivity contribution in [2.45, 2.75) is 18.9 Å². The molecule has 0 unspecified atom stereocenters. The largest absolute Gasteiger partial charge is 0.303 e. The Labute approximate surface area is 238 Å². The van der Waals surface area contributed by atoms with E-state index in [0.717, 1.165) is 55.9 Å². The third-order valence-electron chi connectivity index (χ3n) is 7.98. The summed E-state index contributed by atoms with van der Waals surface area (Å²) in [5.74, 6) is 0. The number of aldehydes is 1. The van der Waals surface area contributed by atoms with Gasteiger partial charge in [0.1, 0.15) is 17.3 Å². The van der Waals surface area contributed by atoms with Crippen molar-refractivity contribution in [3.63, 3.8) is 0 Å². The molecule has 2 aromatic heterocycles. The van der Waals surface area contributed by atoms with Gasteiger partial charge in [-0.15, -0.1) is 5.10 Å². The van der Waals surface area contributed by atoms with Crippen LogP contribution < -0.4 is 0 Å². The first-order valence-corrected chi connectivity index (χ1v) is 13.8. The van der Waals surface area contributed by atoms with E-state index in [4.69, 9.17) is 0 Å². The molecule has 0 saturated heterocycles. The molecule has 198 valence electrons. The molecule has 1 N–H and O–H groups in total. The van der Waals surface area contributed by atoms with Crippen LogP contribution in [-0.4, -0.2) is 26.3 Å². The number of rotatable bonds is 7. The van der Waals surface area contributed by atoms with Crippen LogP contribution in [0.4, 0.5) is 0 Å². The molecule has 0 aliphatic heterocycles. The number of benzene rings is 5. The fraction of sp³-hybridized carbons (Fsp3) is 0.0833. The Morgan fingerprint density at radius 3 is 1.83 bits per heavy atom. The van der Waals surface area contributed by atoms with Crippen LogP contribution in [0.5, 0.6) is 0 Å². The molecule has 0 aliphatic carbocycles.